The first kappa shape index (κ1) is 14.2. The molecule has 4 heteroatoms. The summed E-state index contributed by atoms with van der Waals surface area (Å²) in [5.41, 5.74) is 5.71. The van der Waals surface area contributed by atoms with Gasteiger partial charge in [-0.2, -0.15) is 0 Å². The molecule has 0 heterocycles. The van der Waals surface area contributed by atoms with E-state index in [0.29, 0.717) is 11.9 Å². The second kappa shape index (κ2) is 8.53. The zero-order valence-electron chi connectivity index (χ0n) is 10.6. The molecule has 0 aromatic heterocycles. The van der Waals surface area contributed by atoms with Crippen LogP contribution in [0.5, 0.6) is 0 Å². The summed E-state index contributed by atoms with van der Waals surface area (Å²) in [6, 6.07) is 0. The van der Waals surface area contributed by atoms with Gasteiger partial charge in [0.2, 0.25) is 0 Å². The molecule has 0 amide bonds. The van der Waals surface area contributed by atoms with Gasteiger partial charge in [0.15, 0.2) is 5.96 Å². The lowest BCUT2D eigenvalue weighted by molar-refractivity contribution is 0.308. The molecule has 0 aliphatic rings. The van der Waals surface area contributed by atoms with E-state index >= 15 is 0 Å². The van der Waals surface area contributed by atoms with Gasteiger partial charge in [0.05, 0.1) is 0 Å². The molecule has 0 fully saturated rings. The van der Waals surface area contributed by atoms with E-state index in [4.69, 9.17) is 5.73 Å². The van der Waals surface area contributed by atoms with Crippen LogP contribution in [0.2, 0.25) is 0 Å². The first-order valence-corrected chi connectivity index (χ1v) is 5.86. The van der Waals surface area contributed by atoms with Crippen molar-refractivity contribution in [1.82, 2.24) is 10.2 Å². The van der Waals surface area contributed by atoms with Crippen LogP contribution in [-0.4, -0.2) is 43.6 Å². The lowest BCUT2D eigenvalue weighted by Crippen LogP contribution is -2.38. The largest absolute Gasteiger partial charge is 0.370 e. The molecule has 0 aliphatic heterocycles. The highest BCUT2D eigenvalue weighted by Gasteiger charge is 1.98. The van der Waals surface area contributed by atoms with E-state index in [0.717, 1.165) is 32.7 Å². The Hall–Kier alpha value is -0.770. The number of nitrogens with one attached hydrogen (secondary N) is 1. The molecule has 0 rings (SSSR count). The molecule has 0 aromatic carbocycles. The summed E-state index contributed by atoms with van der Waals surface area (Å²) < 4.78 is 0. The van der Waals surface area contributed by atoms with Gasteiger partial charge in [-0.05, 0) is 19.0 Å². The second-order valence-electron chi connectivity index (χ2n) is 4.07. The van der Waals surface area contributed by atoms with Crippen molar-refractivity contribution < 1.29 is 0 Å². The molecule has 0 saturated heterocycles. The third-order valence-corrected chi connectivity index (χ3v) is 2.26. The third-order valence-electron chi connectivity index (χ3n) is 2.26. The van der Waals surface area contributed by atoms with Crippen LogP contribution in [0, 0.1) is 5.92 Å². The molecule has 0 aromatic rings. The van der Waals surface area contributed by atoms with Crippen LogP contribution in [0.25, 0.3) is 0 Å². The Bertz CT molecular complexity index is 173. The van der Waals surface area contributed by atoms with Crippen LogP contribution in [0.4, 0.5) is 0 Å². The highest BCUT2D eigenvalue weighted by atomic mass is 15.2. The number of guanidine groups is 1. The van der Waals surface area contributed by atoms with Crippen LogP contribution in [0.1, 0.15) is 27.7 Å². The molecular weight excluding hydrogens is 188 g/mol. The summed E-state index contributed by atoms with van der Waals surface area (Å²) >= 11 is 0. The maximum atomic E-state index is 5.71. The Morgan fingerprint density at radius 2 is 1.93 bits per heavy atom. The van der Waals surface area contributed by atoms with Gasteiger partial charge < -0.3 is 16.0 Å². The van der Waals surface area contributed by atoms with Crippen LogP contribution >= 0.6 is 0 Å². The monoisotopic (exact) mass is 214 g/mol. The van der Waals surface area contributed by atoms with Crippen molar-refractivity contribution in [3.05, 3.63) is 0 Å². The number of rotatable bonds is 7. The average Bonchev–Trinajstić information content (AvgIpc) is 2.21. The van der Waals surface area contributed by atoms with E-state index < -0.39 is 0 Å². The van der Waals surface area contributed by atoms with Crippen molar-refractivity contribution >= 4 is 5.96 Å². The van der Waals surface area contributed by atoms with Gasteiger partial charge in [0.1, 0.15) is 0 Å². The maximum Gasteiger partial charge on any atom is 0.188 e. The smallest absolute Gasteiger partial charge is 0.188 e. The predicted octanol–water partition coefficient (Wildman–Crippen LogP) is 0.889. The molecule has 4 nitrogen and oxygen atoms in total. The molecule has 0 atom stereocenters. The lowest BCUT2D eigenvalue weighted by atomic mass is 10.2. The molecule has 0 radical (unpaired) electrons. The lowest BCUT2D eigenvalue weighted by Gasteiger charge is -2.18. The summed E-state index contributed by atoms with van der Waals surface area (Å²) in [6.07, 6.45) is 0. The minimum atomic E-state index is 0.563. The predicted molar refractivity (Wildman–Crippen MR) is 67.1 cm³/mol. The number of hydrogen-bond donors (Lipinski definition) is 2. The Morgan fingerprint density at radius 3 is 2.40 bits per heavy atom. The normalized spacial score (nSPS) is 12.5. The molecular formula is C11H26N4. The van der Waals surface area contributed by atoms with E-state index in [1.165, 1.54) is 0 Å². The third kappa shape index (κ3) is 8.24. The summed E-state index contributed by atoms with van der Waals surface area (Å²) in [5, 5.41) is 3.12. The summed E-state index contributed by atoms with van der Waals surface area (Å²) in [5.74, 6) is 1.13. The number of nitrogens with two attached hydrogens (primary N) is 1. The van der Waals surface area contributed by atoms with Crippen molar-refractivity contribution in [3.63, 3.8) is 0 Å². The number of nitrogens with zero attached hydrogens (tertiary/aromatic N) is 2. The fourth-order valence-corrected chi connectivity index (χ4v) is 1.22. The first-order valence-electron chi connectivity index (χ1n) is 5.86. The van der Waals surface area contributed by atoms with Gasteiger partial charge in [0.25, 0.3) is 0 Å². The Kier molecular flexibility index (Phi) is 8.09. The van der Waals surface area contributed by atoms with E-state index in [1.807, 2.05) is 0 Å². The Balaban J connectivity index is 3.61. The van der Waals surface area contributed by atoms with E-state index in [-0.39, 0.29) is 0 Å². The quantitative estimate of drug-likeness (QED) is 0.489. The molecule has 90 valence electrons. The highest BCUT2D eigenvalue weighted by molar-refractivity contribution is 5.77. The van der Waals surface area contributed by atoms with Gasteiger partial charge >= 0.3 is 0 Å². The number of likely N-dealkylation sites (N-methyl/N-ethyl adjacent to an activating group) is 1. The zero-order chi connectivity index (χ0) is 11.7. The minimum absolute atomic E-state index is 0.563. The van der Waals surface area contributed by atoms with Gasteiger partial charge in [0, 0.05) is 19.6 Å². The topological polar surface area (TPSA) is 53.6 Å². The fraction of sp³-hybridized carbons (Fsp3) is 0.909. The summed E-state index contributed by atoms with van der Waals surface area (Å²) in [6.45, 7) is 13.4. The molecule has 15 heavy (non-hydrogen) atoms. The van der Waals surface area contributed by atoms with Crippen LogP contribution in [0.3, 0.4) is 0 Å². The Labute approximate surface area is 93.9 Å². The van der Waals surface area contributed by atoms with Crippen molar-refractivity contribution in [2.75, 3.05) is 32.7 Å². The van der Waals surface area contributed by atoms with Crippen molar-refractivity contribution in [3.8, 4) is 0 Å². The van der Waals surface area contributed by atoms with E-state index in [1.54, 1.807) is 0 Å². The molecule has 0 saturated carbocycles. The molecule has 0 bridgehead atoms. The van der Waals surface area contributed by atoms with Crippen LogP contribution < -0.4 is 11.1 Å². The number of hydrogen-bond acceptors (Lipinski definition) is 2. The molecule has 0 spiro atoms. The zero-order valence-corrected chi connectivity index (χ0v) is 10.6. The van der Waals surface area contributed by atoms with E-state index in [2.05, 4.69) is 42.9 Å². The minimum Gasteiger partial charge on any atom is -0.370 e. The van der Waals surface area contributed by atoms with Crippen molar-refractivity contribution in [1.29, 1.82) is 0 Å². The second-order valence-corrected chi connectivity index (χ2v) is 4.07. The Morgan fingerprint density at radius 1 is 1.33 bits per heavy atom. The van der Waals surface area contributed by atoms with Crippen LogP contribution in [-0.2, 0) is 0 Å². The summed E-state index contributed by atoms with van der Waals surface area (Å²) in [4.78, 5) is 6.59. The average molecular weight is 214 g/mol. The summed E-state index contributed by atoms with van der Waals surface area (Å²) in [7, 11) is 0. The van der Waals surface area contributed by atoms with Gasteiger partial charge in [-0.1, -0.05) is 27.7 Å². The first-order chi connectivity index (χ1) is 7.10. The van der Waals surface area contributed by atoms with Crippen LogP contribution in [0.15, 0.2) is 4.99 Å². The fourth-order valence-electron chi connectivity index (χ4n) is 1.22. The van der Waals surface area contributed by atoms with Gasteiger partial charge in [-0.3, -0.25) is 4.99 Å². The standard InChI is InChI=1S/C11H26N4/c1-5-15(6-2)8-7-13-11(12)14-9-10(3)4/h10H,5-9H2,1-4H3,(H3,12,13,14). The molecule has 0 aliphatic carbocycles. The van der Waals surface area contributed by atoms with E-state index in [9.17, 15) is 0 Å². The van der Waals surface area contributed by atoms with Crippen molar-refractivity contribution in [2.24, 2.45) is 16.6 Å². The number of aliphatic imine (C=N–C) groups is 1. The SMILES string of the molecule is CCN(CC)CCNC(N)=NCC(C)C. The maximum absolute atomic E-state index is 5.71. The molecule has 0 unspecified atom stereocenters. The highest BCUT2D eigenvalue weighted by Crippen LogP contribution is 1.90. The van der Waals surface area contributed by atoms with Gasteiger partial charge in [-0.25, -0.2) is 0 Å². The van der Waals surface area contributed by atoms with Gasteiger partial charge in [-0.15, -0.1) is 0 Å². The molecule has 3 N–H and O–H groups in total. The van der Waals surface area contributed by atoms with Crippen molar-refractivity contribution in [2.45, 2.75) is 27.7 Å².